The van der Waals surface area contributed by atoms with Crippen molar-refractivity contribution in [3.63, 3.8) is 0 Å². The van der Waals surface area contributed by atoms with Crippen LogP contribution in [0, 0.1) is 0 Å². The highest BCUT2D eigenvalue weighted by Crippen LogP contribution is 2.18. The summed E-state index contributed by atoms with van der Waals surface area (Å²) < 4.78 is 0. The Labute approximate surface area is 106 Å². The molecular weight excluding hydrogens is 236 g/mol. The van der Waals surface area contributed by atoms with Gasteiger partial charge in [-0.15, -0.1) is 0 Å². The van der Waals surface area contributed by atoms with E-state index in [0.717, 1.165) is 17.9 Å². The monoisotopic (exact) mass is 254 g/mol. The quantitative estimate of drug-likeness (QED) is 0.411. The molecule has 5 heteroatoms. The largest absolute Gasteiger partial charge is 0.508 e. The van der Waals surface area contributed by atoms with Gasteiger partial charge in [0.25, 0.3) is 5.91 Å². The van der Waals surface area contributed by atoms with Crippen molar-refractivity contribution in [2.75, 3.05) is 23.8 Å². The standard InChI is InChI=1S/C12H18N2O2S/c1-2-17-7-3-6-14-12(16)10-8-9(15)4-5-11(10)13/h4-5,8,15H,2-3,6-7,13H2,1H3,(H,14,16). The first-order valence-corrected chi connectivity index (χ1v) is 6.75. The van der Waals surface area contributed by atoms with E-state index in [1.807, 2.05) is 11.8 Å². The van der Waals surface area contributed by atoms with Crippen molar-refractivity contribution in [2.24, 2.45) is 0 Å². The maximum Gasteiger partial charge on any atom is 0.253 e. The van der Waals surface area contributed by atoms with Crippen LogP contribution in [0.1, 0.15) is 23.7 Å². The Hall–Kier alpha value is -1.36. The Morgan fingerprint density at radius 2 is 2.29 bits per heavy atom. The molecule has 0 radical (unpaired) electrons. The highest BCUT2D eigenvalue weighted by molar-refractivity contribution is 7.99. The maximum absolute atomic E-state index is 11.7. The number of carbonyl (C=O) groups excluding carboxylic acids is 1. The number of rotatable bonds is 6. The van der Waals surface area contributed by atoms with E-state index in [9.17, 15) is 9.90 Å². The second-order valence-electron chi connectivity index (χ2n) is 3.58. The number of nitrogen functional groups attached to an aromatic ring is 1. The molecule has 17 heavy (non-hydrogen) atoms. The molecule has 0 saturated heterocycles. The van der Waals surface area contributed by atoms with Crippen molar-refractivity contribution in [1.82, 2.24) is 5.32 Å². The lowest BCUT2D eigenvalue weighted by atomic mass is 10.1. The van der Waals surface area contributed by atoms with E-state index in [0.29, 0.717) is 17.8 Å². The Kier molecular flexibility index (Phi) is 5.69. The topological polar surface area (TPSA) is 75.3 Å². The number of carbonyl (C=O) groups is 1. The minimum atomic E-state index is -0.236. The molecule has 1 amide bonds. The number of phenols is 1. The lowest BCUT2D eigenvalue weighted by Crippen LogP contribution is -2.25. The minimum Gasteiger partial charge on any atom is -0.508 e. The molecule has 0 aliphatic heterocycles. The number of phenolic OH excluding ortho intramolecular Hbond substituents is 1. The van der Waals surface area contributed by atoms with E-state index in [2.05, 4.69) is 12.2 Å². The fourth-order valence-electron chi connectivity index (χ4n) is 1.36. The number of hydrogen-bond acceptors (Lipinski definition) is 4. The van der Waals surface area contributed by atoms with Gasteiger partial charge in [0.1, 0.15) is 5.75 Å². The SMILES string of the molecule is CCSCCCNC(=O)c1cc(O)ccc1N. The van der Waals surface area contributed by atoms with Crippen LogP contribution in [0.5, 0.6) is 5.75 Å². The van der Waals surface area contributed by atoms with Crippen LogP contribution in [-0.4, -0.2) is 29.1 Å². The summed E-state index contributed by atoms with van der Waals surface area (Å²) >= 11 is 1.85. The highest BCUT2D eigenvalue weighted by Gasteiger charge is 2.09. The van der Waals surface area contributed by atoms with Crippen LogP contribution in [0.3, 0.4) is 0 Å². The summed E-state index contributed by atoms with van der Waals surface area (Å²) in [7, 11) is 0. The summed E-state index contributed by atoms with van der Waals surface area (Å²) in [5, 5.41) is 12.1. The highest BCUT2D eigenvalue weighted by atomic mass is 32.2. The van der Waals surface area contributed by atoms with E-state index in [-0.39, 0.29) is 11.7 Å². The molecule has 4 nitrogen and oxygen atoms in total. The van der Waals surface area contributed by atoms with Crippen molar-refractivity contribution in [2.45, 2.75) is 13.3 Å². The van der Waals surface area contributed by atoms with E-state index in [1.165, 1.54) is 18.2 Å². The molecule has 0 unspecified atom stereocenters. The number of amides is 1. The summed E-state index contributed by atoms with van der Waals surface area (Å²) in [6.45, 7) is 2.73. The number of benzene rings is 1. The smallest absolute Gasteiger partial charge is 0.253 e. The zero-order valence-electron chi connectivity index (χ0n) is 9.90. The first-order valence-electron chi connectivity index (χ1n) is 5.59. The van der Waals surface area contributed by atoms with E-state index >= 15 is 0 Å². The van der Waals surface area contributed by atoms with Crippen LogP contribution in [0.4, 0.5) is 5.69 Å². The Morgan fingerprint density at radius 3 is 3.00 bits per heavy atom. The van der Waals surface area contributed by atoms with Gasteiger partial charge in [0, 0.05) is 12.2 Å². The van der Waals surface area contributed by atoms with Gasteiger partial charge in [0.15, 0.2) is 0 Å². The zero-order chi connectivity index (χ0) is 12.7. The van der Waals surface area contributed by atoms with Gasteiger partial charge in [0.2, 0.25) is 0 Å². The van der Waals surface area contributed by atoms with E-state index < -0.39 is 0 Å². The van der Waals surface area contributed by atoms with Gasteiger partial charge in [-0.3, -0.25) is 4.79 Å². The second-order valence-corrected chi connectivity index (χ2v) is 4.97. The molecular formula is C12H18N2O2S. The molecule has 0 atom stereocenters. The molecule has 0 aromatic heterocycles. The van der Waals surface area contributed by atoms with Crippen molar-refractivity contribution in [3.8, 4) is 5.75 Å². The Bertz CT molecular complexity index is 383. The fourth-order valence-corrected chi connectivity index (χ4v) is 1.99. The van der Waals surface area contributed by atoms with Gasteiger partial charge >= 0.3 is 0 Å². The third kappa shape index (κ3) is 4.56. The predicted octanol–water partition coefficient (Wildman–Crippen LogP) is 1.85. The van der Waals surface area contributed by atoms with Crippen molar-refractivity contribution in [3.05, 3.63) is 23.8 Å². The first-order chi connectivity index (χ1) is 8.15. The van der Waals surface area contributed by atoms with Crippen LogP contribution >= 0.6 is 11.8 Å². The number of thioether (sulfide) groups is 1. The normalized spacial score (nSPS) is 10.2. The fraction of sp³-hybridized carbons (Fsp3) is 0.417. The molecule has 0 fully saturated rings. The molecule has 0 aliphatic rings. The third-order valence-electron chi connectivity index (χ3n) is 2.24. The first kappa shape index (κ1) is 13.7. The van der Waals surface area contributed by atoms with Gasteiger partial charge in [-0.2, -0.15) is 11.8 Å². The van der Waals surface area contributed by atoms with Crippen molar-refractivity contribution in [1.29, 1.82) is 0 Å². The number of nitrogens with one attached hydrogen (secondary N) is 1. The van der Waals surface area contributed by atoms with Crippen LogP contribution < -0.4 is 11.1 Å². The molecule has 1 rings (SSSR count). The minimum absolute atomic E-state index is 0.0471. The molecule has 0 saturated carbocycles. The van der Waals surface area contributed by atoms with E-state index in [1.54, 1.807) is 0 Å². The van der Waals surface area contributed by atoms with Gasteiger partial charge in [-0.05, 0) is 36.1 Å². The van der Waals surface area contributed by atoms with Gasteiger partial charge in [-0.25, -0.2) is 0 Å². The Morgan fingerprint density at radius 1 is 1.53 bits per heavy atom. The van der Waals surface area contributed by atoms with Crippen molar-refractivity contribution >= 4 is 23.4 Å². The molecule has 4 N–H and O–H groups in total. The Balaban J connectivity index is 2.44. The number of anilines is 1. The molecule has 1 aromatic carbocycles. The number of nitrogens with two attached hydrogens (primary N) is 1. The predicted molar refractivity (Wildman–Crippen MR) is 72.5 cm³/mol. The number of aromatic hydroxyl groups is 1. The lowest BCUT2D eigenvalue weighted by Gasteiger charge is -2.07. The van der Waals surface area contributed by atoms with Gasteiger partial charge in [0.05, 0.1) is 5.56 Å². The lowest BCUT2D eigenvalue weighted by molar-refractivity contribution is 0.0954. The molecule has 0 bridgehead atoms. The average molecular weight is 254 g/mol. The van der Waals surface area contributed by atoms with Crippen molar-refractivity contribution < 1.29 is 9.90 Å². The molecule has 94 valence electrons. The van der Waals surface area contributed by atoms with Crippen LogP contribution in [0.25, 0.3) is 0 Å². The summed E-state index contributed by atoms with van der Waals surface area (Å²) in [5.41, 5.74) is 6.37. The molecule has 0 aliphatic carbocycles. The summed E-state index contributed by atoms with van der Waals surface area (Å²) in [5.74, 6) is 1.94. The maximum atomic E-state index is 11.7. The molecule has 0 heterocycles. The summed E-state index contributed by atoms with van der Waals surface area (Å²) in [4.78, 5) is 11.7. The third-order valence-corrected chi connectivity index (χ3v) is 3.22. The number of hydrogen-bond donors (Lipinski definition) is 3. The summed E-state index contributed by atoms with van der Waals surface area (Å²) in [6, 6.07) is 4.37. The van der Waals surface area contributed by atoms with Gasteiger partial charge in [-0.1, -0.05) is 6.92 Å². The molecule has 1 aromatic rings. The summed E-state index contributed by atoms with van der Waals surface area (Å²) in [6.07, 6.45) is 0.933. The average Bonchev–Trinajstić information content (AvgIpc) is 2.32. The molecule has 0 spiro atoms. The van der Waals surface area contributed by atoms with Crippen LogP contribution in [0.15, 0.2) is 18.2 Å². The van der Waals surface area contributed by atoms with Crippen LogP contribution in [0.2, 0.25) is 0 Å². The zero-order valence-corrected chi connectivity index (χ0v) is 10.7. The van der Waals surface area contributed by atoms with Crippen LogP contribution in [-0.2, 0) is 0 Å². The second kappa shape index (κ2) is 7.06. The van der Waals surface area contributed by atoms with Gasteiger partial charge < -0.3 is 16.2 Å². The van der Waals surface area contributed by atoms with E-state index in [4.69, 9.17) is 5.73 Å².